The SMILES string of the molecule is CCCCC/C=C\C/C=C\CCCCCCCCCC(=O)OC[C@H](COP(=O)(O)OCCN)O/C=C\CCCCCC/C=C\CCCCCCCC. The molecule has 0 aromatic rings. The summed E-state index contributed by atoms with van der Waals surface area (Å²) in [5, 5.41) is 0. The molecule has 0 spiro atoms. The maximum absolute atomic E-state index is 12.4. The molecule has 3 N–H and O–H groups in total. The Hall–Kier alpha value is -1.70. The van der Waals surface area contributed by atoms with Gasteiger partial charge in [-0.2, -0.15) is 0 Å². The number of carbonyl (C=O) groups excluding carboxylic acids is 1. The van der Waals surface area contributed by atoms with Gasteiger partial charge in [-0.05, 0) is 83.1 Å². The molecule has 0 rings (SSSR count). The quantitative estimate of drug-likeness (QED) is 0.0209. The number of unbranched alkanes of at least 4 members (excludes halogenated alkanes) is 21. The van der Waals surface area contributed by atoms with Gasteiger partial charge in [0.25, 0.3) is 0 Å². The molecule has 0 aromatic carbocycles. The Kier molecular flexibility index (Phi) is 39.2. The van der Waals surface area contributed by atoms with Crippen molar-refractivity contribution in [3.05, 3.63) is 48.8 Å². The van der Waals surface area contributed by atoms with Crippen LogP contribution in [0.2, 0.25) is 0 Å². The Morgan fingerprint density at radius 3 is 1.58 bits per heavy atom. The van der Waals surface area contributed by atoms with Crippen molar-refractivity contribution in [1.82, 2.24) is 0 Å². The van der Waals surface area contributed by atoms with E-state index in [0.717, 1.165) is 57.8 Å². The van der Waals surface area contributed by atoms with Crippen LogP contribution in [0.15, 0.2) is 48.8 Å². The summed E-state index contributed by atoms with van der Waals surface area (Å²) in [6.07, 6.45) is 47.9. The van der Waals surface area contributed by atoms with E-state index >= 15 is 0 Å². The predicted octanol–water partition coefficient (Wildman–Crippen LogP) is 12.8. The highest BCUT2D eigenvalue weighted by Crippen LogP contribution is 2.43. The van der Waals surface area contributed by atoms with E-state index in [9.17, 15) is 14.3 Å². The highest BCUT2D eigenvalue weighted by molar-refractivity contribution is 7.47. The Bertz CT molecular complexity index is 936. The highest BCUT2D eigenvalue weighted by Gasteiger charge is 2.24. The van der Waals surface area contributed by atoms with Crippen LogP contribution in [0, 0.1) is 0 Å². The van der Waals surface area contributed by atoms with Crippen molar-refractivity contribution >= 4 is 13.8 Å². The predicted molar refractivity (Wildman–Crippen MR) is 219 cm³/mol. The number of hydrogen-bond acceptors (Lipinski definition) is 7. The van der Waals surface area contributed by atoms with E-state index in [1.807, 2.05) is 6.08 Å². The molecule has 0 aliphatic rings. The second-order valence-electron chi connectivity index (χ2n) is 13.9. The van der Waals surface area contributed by atoms with Gasteiger partial charge in [-0.25, -0.2) is 4.57 Å². The van der Waals surface area contributed by atoms with Crippen molar-refractivity contribution in [3.63, 3.8) is 0 Å². The van der Waals surface area contributed by atoms with Crippen LogP contribution >= 0.6 is 7.82 Å². The molecule has 2 atom stereocenters. The summed E-state index contributed by atoms with van der Waals surface area (Å²) >= 11 is 0. The summed E-state index contributed by atoms with van der Waals surface area (Å²) in [5.74, 6) is -0.302. The molecule has 9 heteroatoms. The Labute approximate surface area is 320 Å². The van der Waals surface area contributed by atoms with Crippen LogP contribution in [-0.2, 0) is 27.9 Å². The Morgan fingerprint density at radius 2 is 1.04 bits per heavy atom. The normalized spacial score (nSPS) is 13.9. The lowest BCUT2D eigenvalue weighted by atomic mass is 10.1. The zero-order valence-corrected chi connectivity index (χ0v) is 34.4. The molecular formula is C43H80NO7P. The van der Waals surface area contributed by atoms with Gasteiger partial charge in [0.2, 0.25) is 0 Å². The molecule has 0 amide bonds. The summed E-state index contributed by atoms with van der Waals surface area (Å²) in [5.41, 5.74) is 5.36. The van der Waals surface area contributed by atoms with E-state index in [1.54, 1.807) is 6.26 Å². The fourth-order valence-corrected chi connectivity index (χ4v) is 6.36. The maximum Gasteiger partial charge on any atom is 0.472 e. The Morgan fingerprint density at radius 1 is 0.596 bits per heavy atom. The van der Waals surface area contributed by atoms with Crippen molar-refractivity contribution in [2.45, 2.75) is 193 Å². The van der Waals surface area contributed by atoms with Gasteiger partial charge in [0.1, 0.15) is 6.61 Å². The summed E-state index contributed by atoms with van der Waals surface area (Å²) in [7, 11) is -4.27. The van der Waals surface area contributed by atoms with E-state index in [4.69, 9.17) is 24.3 Å². The van der Waals surface area contributed by atoms with Crippen molar-refractivity contribution in [2.24, 2.45) is 5.73 Å². The number of phosphoric ester groups is 1. The van der Waals surface area contributed by atoms with Crippen LogP contribution in [-0.4, -0.2) is 43.3 Å². The summed E-state index contributed by atoms with van der Waals surface area (Å²) in [6.45, 7) is 4.16. The summed E-state index contributed by atoms with van der Waals surface area (Å²) < 4.78 is 33.2. The van der Waals surface area contributed by atoms with E-state index in [1.165, 1.54) is 109 Å². The summed E-state index contributed by atoms with van der Waals surface area (Å²) in [4.78, 5) is 22.3. The molecule has 0 saturated carbocycles. The standard InChI is InChI=1S/C43H80NO7P/c1-3-5-7-9-11-13-15-17-19-21-22-24-26-28-30-32-34-36-43(45)49-40-42(41-51-52(46,47)50-39-37-44)48-38-35-33-31-29-27-25-23-20-18-16-14-12-10-8-6-4-2/h11,13,17-20,35,38,42H,3-10,12,14-16,21-34,36-37,39-41,44H2,1-2H3,(H,46,47)/b13-11-,19-17-,20-18-,38-35-/t42-/m1/s1. The lowest BCUT2D eigenvalue weighted by Crippen LogP contribution is -2.25. The van der Waals surface area contributed by atoms with Crippen LogP contribution < -0.4 is 5.73 Å². The smallest absolute Gasteiger partial charge is 0.472 e. The topological polar surface area (TPSA) is 117 Å². The van der Waals surface area contributed by atoms with Crippen LogP contribution in [0.3, 0.4) is 0 Å². The second kappa shape index (κ2) is 40.5. The minimum Gasteiger partial charge on any atom is -0.492 e. The fourth-order valence-electron chi connectivity index (χ4n) is 5.59. The lowest BCUT2D eigenvalue weighted by Gasteiger charge is -2.19. The van der Waals surface area contributed by atoms with Crippen LogP contribution in [0.5, 0.6) is 0 Å². The third kappa shape index (κ3) is 39.5. The lowest BCUT2D eigenvalue weighted by molar-refractivity contribution is -0.147. The van der Waals surface area contributed by atoms with Gasteiger partial charge in [-0.3, -0.25) is 13.8 Å². The van der Waals surface area contributed by atoms with Crippen molar-refractivity contribution < 1.29 is 32.8 Å². The third-order valence-corrected chi connectivity index (χ3v) is 9.79. The average molecular weight is 754 g/mol. The van der Waals surface area contributed by atoms with Crippen molar-refractivity contribution in [3.8, 4) is 0 Å². The molecule has 8 nitrogen and oxygen atoms in total. The molecule has 0 heterocycles. The van der Waals surface area contributed by atoms with Crippen molar-refractivity contribution in [2.75, 3.05) is 26.4 Å². The summed E-state index contributed by atoms with van der Waals surface area (Å²) in [6, 6.07) is 0. The number of phosphoric acid groups is 1. The number of carbonyl (C=O) groups is 1. The average Bonchev–Trinajstić information content (AvgIpc) is 3.14. The molecule has 52 heavy (non-hydrogen) atoms. The molecule has 304 valence electrons. The van der Waals surface area contributed by atoms with Gasteiger partial charge in [0.05, 0.1) is 19.5 Å². The van der Waals surface area contributed by atoms with Gasteiger partial charge < -0.3 is 20.1 Å². The molecule has 1 unspecified atom stereocenters. The number of ether oxygens (including phenoxy) is 2. The zero-order chi connectivity index (χ0) is 38.1. The zero-order valence-electron chi connectivity index (χ0n) is 33.5. The molecule has 0 saturated heterocycles. The second-order valence-corrected chi connectivity index (χ2v) is 15.4. The number of rotatable bonds is 40. The number of nitrogens with two attached hydrogens (primary N) is 1. The van der Waals surface area contributed by atoms with Gasteiger partial charge in [0, 0.05) is 13.0 Å². The van der Waals surface area contributed by atoms with Crippen LogP contribution in [0.4, 0.5) is 0 Å². The third-order valence-electron chi connectivity index (χ3n) is 8.81. The van der Waals surface area contributed by atoms with Crippen molar-refractivity contribution in [1.29, 1.82) is 0 Å². The largest absolute Gasteiger partial charge is 0.492 e. The number of esters is 1. The molecular weight excluding hydrogens is 673 g/mol. The molecule has 0 aliphatic heterocycles. The van der Waals surface area contributed by atoms with Crippen LogP contribution in [0.25, 0.3) is 0 Å². The van der Waals surface area contributed by atoms with E-state index in [0.29, 0.717) is 6.42 Å². The van der Waals surface area contributed by atoms with E-state index < -0.39 is 13.9 Å². The van der Waals surface area contributed by atoms with E-state index in [2.05, 4.69) is 50.3 Å². The fraction of sp³-hybridized carbons (Fsp3) is 0.791. The number of hydrogen-bond donors (Lipinski definition) is 2. The first kappa shape index (κ1) is 50.3. The maximum atomic E-state index is 12.4. The first-order valence-corrected chi connectivity index (χ1v) is 22.7. The first-order chi connectivity index (χ1) is 25.4. The van der Waals surface area contributed by atoms with Crippen LogP contribution in [0.1, 0.15) is 187 Å². The van der Waals surface area contributed by atoms with Gasteiger partial charge in [0.15, 0.2) is 6.10 Å². The van der Waals surface area contributed by atoms with E-state index in [-0.39, 0.29) is 32.3 Å². The molecule has 0 radical (unpaired) electrons. The highest BCUT2D eigenvalue weighted by atomic mass is 31.2. The first-order valence-electron chi connectivity index (χ1n) is 21.2. The molecule has 0 aliphatic carbocycles. The monoisotopic (exact) mass is 754 g/mol. The Balaban J connectivity index is 4.12. The molecule has 0 aromatic heterocycles. The molecule has 0 fully saturated rings. The minimum absolute atomic E-state index is 0.0733. The minimum atomic E-state index is -4.27. The van der Waals surface area contributed by atoms with Gasteiger partial charge >= 0.3 is 13.8 Å². The van der Waals surface area contributed by atoms with Gasteiger partial charge in [-0.1, -0.05) is 140 Å². The molecule has 0 bridgehead atoms. The number of allylic oxidation sites excluding steroid dienone is 7. The van der Waals surface area contributed by atoms with Gasteiger partial charge in [-0.15, -0.1) is 0 Å².